The van der Waals surface area contributed by atoms with Crippen LogP contribution in [0.1, 0.15) is 37.8 Å². The lowest BCUT2D eigenvalue weighted by molar-refractivity contribution is 0.103. The summed E-state index contributed by atoms with van der Waals surface area (Å²) in [6.45, 7) is 4.70. The largest absolute Gasteiger partial charge is 0.391 e. The summed E-state index contributed by atoms with van der Waals surface area (Å²) in [6, 6.07) is 8.78. The SMILES string of the molecule is CCC(CC)C(O)CNC(=O)NCc1ccc(C#N)cc1. The van der Waals surface area contributed by atoms with Gasteiger partial charge in [-0.2, -0.15) is 5.26 Å². The quantitative estimate of drug-likeness (QED) is 0.719. The molecule has 1 aromatic rings. The van der Waals surface area contributed by atoms with E-state index in [0.29, 0.717) is 12.1 Å². The van der Waals surface area contributed by atoms with Gasteiger partial charge in [-0.1, -0.05) is 38.8 Å². The number of rotatable bonds is 7. The third kappa shape index (κ3) is 5.84. The predicted octanol–water partition coefficient (Wildman–Crippen LogP) is 2.15. The van der Waals surface area contributed by atoms with Gasteiger partial charge in [-0.05, 0) is 23.6 Å². The summed E-state index contributed by atoms with van der Waals surface area (Å²) < 4.78 is 0. The number of aliphatic hydroxyl groups is 1. The number of carbonyl (C=O) groups excluding carboxylic acids is 1. The van der Waals surface area contributed by atoms with E-state index in [2.05, 4.69) is 10.6 Å². The second kappa shape index (κ2) is 8.98. The van der Waals surface area contributed by atoms with Crippen molar-refractivity contribution in [2.24, 2.45) is 5.92 Å². The number of aliphatic hydroxyl groups excluding tert-OH is 1. The molecule has 5 heteroatoms. The van der Waals surface area contributed by atoms with Gasteiger partial charge < -0.3 is 15.7 Å². The predicted molar refractivity (Wildman–Crippen MR) is 81.5 cm³/mol. The fraction of sp³-hybridized carbons (Fsp3) is 0.500. The Morgan fingerprint density at radius 3 is 2.38 bits per heavy atom. The molecule has 0 aliphatic heterocycles. The minimum absolute atomic E-state index is 0.212. The molecule has 3 N–H and O–H groups in total. The van der Waals surface area contributed by atoms with Gasteiger partial charge in [-0.25, -0.2) is 4.79 Å². The van der Waals surface area contributed by atoms with E-state index in [9.17, 15) is 9.90 Å². The lowest BCUT2D eigenvalue weighted by Gasteiger charge is -2.20. The topological polar surface area (TPSA) is 85.2 Å². The first-order chi connectivity index (χ1) is 10.1. The van der Waals surface area contributed by atoms with Gasteiger partial charge >= 0.3 is 6.03 Å². The van der Waals surface area contributed by atoms with E-state index in [1.165, 1.54) is 0 Å². The zero-order valence-electron chi connectivity index (χ0n) is 12.6. The molecule has 0 spiro atoms. The first-order valence-electron chi connectivity index (χ1n) is 7.29. The number of urea groups is 1. The van der Waals surface area contributed by atoms with Crippen molar-refractivity contribution in [3.05, 3.63) is 35.4 Å². The highest BCUT2D eigenvalue weighted by Gasteiger charge is 2.15. The molecule has 1 rings (SSSR count). The van der Waals surface area contributed by atoms with Crippen molar-refractivity contribution >= 4 is 6.03 Å². The fourth-order valence-corrected chi connectivity index (χ4v) is 2.14. The Bertz CT molecular complexity index is 475. The van der Waals surface area contributed by atoms with E-state index >= 15 is 0 Å². The Hall–Kier alpha value is -2.06. The van der Waals surface area contributed by atoms with Crippen LogP contribution in [-0.4, -0.2) is 23.8 Å². The molecule has 114 valence electrons. The molecule has 1 aromatic carbocycles. The molecule has 1 unspecified atom stereocenters. The summed E-state index contributed by atoms with van der Waals surface area (Å²) >= 11 is 0. The highest BCUT2D eigenvalue weighted by atomic mass is 16.3. The Kier molecular flexibility index (Phi) is 7.27. The smallest absolute Gasteiger partial charge is 0.315 e. The number of nitrogens with zero attached hydrogens (tertiary/aromatic N) is 1. The average Bonchev–Trinajstić information content (AvgIpc) is 2.52. The number of benzene rings is 1. The van der Waals surface area contributed by atoms with Gasteiger partial charge in [0.05, 0.1) is 17.7 Å². The number of hydrogen-bond donors (Lipinski definition) is 3. The van der Waals surface area contributed by atoms with Crippen molar-refractivity contribution in [1.82, 2.24) is 10.6 Å². The van der Waals surface area contributed by atoms with Crippen LogP contribution in [0.25, 0.3) is 0 Å². The summed E-state index contributed by atoms with van der Waals surface area (Å²) in [5.74, 6) is 0.212. The molecule has 2 amide bonds. The molecule has 0 saturated carbocycles. The van der Waals surface area contributed by atoms with Crippen LogP contribution >= 0.6 is 0 Å². The first kappa shape index (κ1) is 17.0. The monoisotopic (exact) mass is 289 g/mol. The minimum atomic E-state index is -0.513. The fourth-order valence-electron chi connectivity index (χ4n) is 2.14. The third-order valence-corrected chi connectivity index (χ3v) is 3.60. The van der Waals surface area contributed by atoms with Gasteiger partial charge in [0.15, 0.2) is 0 Å². The molecule has 0 aliphatic rings. The molecule has 0 fully saturated rings. The Morgan fingerprint density at radius 1 is 1.24 bits per heavy atom. The lowest BCUT2D eigenvalue weighted by atomic mass is 9.97. The highest BCUT2D eigenvalue weighted by Crippen LogP contribution is 2.12. The van der Waals surface area contributed by atoms with E-state index in [1.54, 1.807) is 24.3 Å². The minimum Gasteiger partial charge on any atom is -0.391 e. The van der Waals surface area contributed by atoms with Crippen LogP contribution in [0.2, 0.25) is 0 Å². The van der Waals surface area contributed by atoms with Crippen LogP contribution in [0.4, 0.5) is 4.79 Å². The molecular weight excluding hydrogens is 266 g/mol. The van der Waals surface area contributed by atoms with Crippen molar-refractivity contribution < 1.29 is 9.90 Å². The van der Waals surface area contributed by atoms with Crippen LogP contribution in [0.15, 0.2) is 24.3 Å². The van der Waals surface area contributed by atoms with Crippen LogP contribution in [0.3, 0.4) is 0 Å². The van der Waals surface area contributed by atoms with Gasteiger partial charge in [0, 0.05) is 13.1 Å². The second-order valence-corrected chi connectivity index (χ2v) is 5.02. The molecule has 5 nitrogen and oxygen atoms in total. The molecule has 0 aliphatic carbocycles. The van der Waals surface area contributed by atoms with E-state index in [4.69, 9.17) is 5.26 Å². The maximum Gasteiger partial charge on any atom is 0.315 e. The summed E-state index contributed by atoms with van der Waals surface area (Å²) in [5, 5.41) is 24.0. The average molecular weight is 289 g/mol. The van der Waals surface area contributed by atoms with Gasteiger partial charge in [-0.15, -0.1) is 0 Å². The Morgan fingerprint density at radius 2 is 1.86 bits per heavy atom. The number of carbonyl (C=O) groups is 1. The normalized spacial score (nSPS) is 11.8. The number of nitrogens with one attached hydrogen (secondary N) is 2. The Balaban J connectivity index is 2.32. The molecule has 0 bridgehead atoms. The maximum atomic E-state index is 11.7. The van der Waals surface area contributed by atoms with Crippen LogP contribution in [0.5, 0.6) is 0 Å². The van der Waals surface area contributed by atoms with E-state index in [-0.39, 0.29) is 18.5 Å². The van der Waals surface area contributed by atoms with Gasteiger partial charge in [0.25, 0.3) is 0 Å². The summed E-state index contributed by atoms with van der Waals surface area (Å²) in [4.78, 5) is 11.7. The first-order valence-corrected chi connectivity index (χ1v) is 7.29. The van der Waals surface area contributed by atoms with Gasteiger partial charge in [0.2, 0.25) is 0 Å². The number of amides is 2. The van der Waals surface area contributed by atoms with E-state index < -0.39 is 6.10 Å². The third-order valence-electron chi connectivity index (χ3n) is 3.60. The van der Waals surface area contributed by atoms with Gasteiger partial charge in [-0.3, -0.25) is 0 Å². The summed E-state index contributed by atoms with van der Waals surface area (Å²) in [6.07, 6.45) is 1.28. The van der Waals surface area contributed by atoms with E-state index in [1.807, 2.05) is 19.9 Å². The van der Waals surface area contributed by atoms with Crippen molar-refractivity contribution in [2.45, 2.75) is 39.3 Å². The number of nitriles is 1. The van der Waals surface area contributed by atoms with Crippen molar-refractivity contribution in [2.75, 3.05) is 6.54 Å². The van der Waals surface area contributed by atoms with Crippen molar-refractivity contribution in [3.8, 4) is 6.07 Å². The second-order valence-electron chi connectivity index (χ2n) is 5.02. The van der Waals surface area contributed by atoms with Gasteiger partial charge in [0.1, 0.15) is 0 Å². The number of hydrogen-bond acceptors (Lipinski definition) is 3. The standard InChI is InChI=1S/C16H23N3O2/c1-3-14(4-2)15(20)11-19-16(21)18-10-13-7-5-12(9-17)6-8-13/h5-8,14-15,20H,3-4,10-11H2,1-2H3,(H2,18,19,21). The van der Waals surface area contributed by atoms with E-state index in [0.717, 1.165) is 18.4 Å². The molecule has 0 aromatic heterocycles. The summed E-state index contributed by atoms with van der Waals surface area (Å²) in [5.41, 5.74) is 1.51. The molecule has 21 heavy (non-hydrogen) atoms. The molecule has 0 radical (unpaired) electrons. The molecule has 1 atom stereocenters. The lowest BCUT2D eigenvalue weighted by Crippen LogP contribution is -2.41. The maximum absolute atomic E-state index is 11.7. The Labute approximate surface area is 126 Å². The van der Waals surface area contributed by atoms with Crippen LogP contribution < -0.4 is 10.6 Å². The summed E-state index contributed by atoms with van der Waals surface area (Å²) in [7, 11) is 0. The van der Waals surface area contributed by atoms with Crippen LogP contribution in [0, 0.1) is 17.2 Å². The van der Waals surface area contributed by atoms with Crippen molar-refractivity contribution in [3.63, 3.8) is 0 Å². The van der Waals surface area contributed by atoms with Crippen LogP contribution in [-0.2, 0) is 6.54 Å². The molecule has 0 heterocycles. The molecule has 0 saturated heterocycles. The van der Waals surface area contributed by atoms with Crippen molar-refractivity contribution in [1.29, 1.82) is 5.26 Å². The zero-order valence-corrected chi connectivity index (χ0v) is 12.6. The zero-order chi connectivity index (χ0) is 15.7. The molecular formula is C16H23N3O2. The highest BCUT2D eigenvalue weighted by molar-refractivity contribution is 5.73.